The maximum absolute atomic E-state index is 13.7. The lowest BCUT2D eigenvalue weighted by atomic mass is 10.2. The second-order valence-corrected chi connectivity index (χ2v) is 7.47. The van der Waals surface area contributed by atoms with Gasteiger partial charge in [-0.25, -0.2) is 13.9 Å². The third-order valence-corrected chi connectivity index (χ3v) is 5.14. The van der Waals surface area contributed by atoms with E-state index < -0.39 is 29.4 Å². The lowest BCUT2D eigenvalue weighted by Crippen LogP contribution is -2.20. The monoisotopic (exact) mass is 476 g/mol. The molecule has 0 fully saturated rings. The van der Waals surface area contributed by atoms with E-state index in [2.05, 4.69) is 15.6 Å². The first-order valence-electron chi connectivity index (χ1n) is 9.18. The van der Waals surface area contributed by atoms with Crippen LogP contribution in [-0.2, 0) is 6.18 Å². The van der Waals surface area contributed by atoms with Crippen LogP contribution in [0, 0.1) is 5.82 Å². The molecule has 2 aromatic heterocycles. The van der Waals surface area contributed by atoms with Gasteiger partial charge in [0.05, 0.1) is 10.6 Å². The molecular weight excluding hydrogens is 464 g/mol. The Kier molecular flexibility index (Phi) is 5.92. The third kappa shape index (κ3) is 4.90. The fraction of sp³-hybridized carbons (Fsp3) is 0.0476. The van der Waals surface area contributed by atoms with Gasteiger partial charge >= 0.3 is 12.1 Å². The average Bonchev–Trinajstić information content (AvgIpc) is 3.46. The fourth-order valence-electron chi connectivity index (χ4n) is 2.80. The lowest BCUT2D eigenvalue weighted by Gasteiger charge is -2.11. The highest BCUT2D eigenvalue weighted by molar-refractivity contribution is 7.12. The molecule has 0 bridgehead atoms. The molecule has 7 nitrogen and oxygen atoms in total. The third-order valence-electron chi connectivity index (χ3n) is 4.27. The predicted molar refractivity (Wildman–Crippen MR) is 110 cm³/mol. The maximum Gasteiger partial charge on any atom is 0.436 e. The number of benzene rings is 2. The number of rotatable bonds is 5. The van der Waals surface area contributed by atoms with Crippen molar-refractivity contribution >= 4 is 28.9 Å². The van der Waals surface area contributed by atoms with E-state index in [-0.39, 0.29) is 17.3 Å². The van der Waals surface area contributed by atoms with Gasteiger partial charge in [0.1, 0.15) is 11.6 Å². The van der Waals surface area contributed by atoms with Crippen molar-refractivity contribution < 1.29 is 31.9 Å². The number of thiophene rings is 1. The summed E-state index contributed by atoms with van der Waals surface area (Å²) in [6.07, 6.45) is -5.00. The number of carbonyl (C=O) groups is 2. The van der Waals surface area contributed by atoms with Crippen molar-refractivity contribution in [3.63, 3.8) is 0 Å². The first-order valence-corrected chi connectivity index (χ1v) is 10.1. The molecule has 4 aromatic rings. The van der Waals surface area contributed by atoms with Crippen LogP contribution >= 0.6 is 11.3 Å². The zero-order valence-corrected chi connectivity index (χ0v) is 17.2. The largest absolute Gasteiger partial charge is 0.436 e. The number of ether oxygens (including phenoxy) is 1. The van der Waals surface area contributed by atoms with E-state index >= 15 is 0 Å². The summed E-state index contributed by atoms with van der Waals surface area (Å²) in [5.74, 6) is -2.44. The van der Waals surface area contributed by atoms with Gasteiger partial charge in [-0.15, -0.1) is 16.4 Å². The van der Waals surface area contributed by atoms with Gasteiger partial charge in [-0.05, 0) is 60.0 Å². The number of esters is 1. The van der Waals surface area contributed by atoms with Crippen LogP contribution in [0.3, 0.4) is 0 Å². The van der Waals surface area contributed by atoms with Crippen molar-refractivity contribution in [3.8, 4) is 11.4 Å². The topological polar surface area (TPSA) is 86.1 Å². The first kappa shape index (κ1) is 22.1. The zero-order valence-electron chi connectivity index (χ0n) is 16.3. The summed E-state index contributed by atoms with van der Waals surface area (Å²) < 4.78 is 59.5. The molecule has 0 spiro atoms. The molecule has 33 heavy (non-hydrogen) atoms. The Hall–Kier alpha value is -4.06. The number of hydrogen-bond donors (Lipinski definition) is 1. The van der Waals surface area contributed by atoms with Crippen LogP contribution in [0.25, 0.3) is 5.69 Å². The highest BCUT2D eigenvalue weighted by Crippen LogP contribution is 2.33. The van der Waals surface area contributed by atoms with Gasteiger partial charge < -0.3 is 10.1 Å². The quantitative estimate of drug-likeness (QED) is 0.250. The normalized spacial score (nSPS) is 11.3. The molecule has 0 radical (unpaired) electrons. The Bertz CT molecular complexity index is 1280. The summed E-state index contributed by atoms with van der Waals surface area (Å²) in [5.41, 5.74) is -2.26. The highest BCUT2D eigenvalue weighted by Gasteiger charge is 2.42. The van der Waals surface area contributed by atoms with E-state index in [1.807, 2.05) is 0 Å². The number of hydrogen-bond acceptors (Lipinski definition) is 6. The first-order chi connectivity index (χ1) is 15.7. The highest BCUT2D eigenvalue weighted by atomic mass is 32.1. The number of anilines is 1. The van der Waals surface area contributed by atoms with Crippen molar-refractivity contribution in [1.29, 1.82) is 0 Å². The Morgan fingerprint density at radius 1 is 1.00 bits per heavy atom. The number of nitrogens with zero attached hydrogens (tertiary/aromatic N) is 3. The molecule has 4 rings (SSSR count). The second kappa shape index (κ2) is 8.82. The molecule has 0 aliphatic carbocycles. The van der Waals surface area contributed by atoms with Gasteiger partial charge in [0.15, 0.2) is 5.69 Å². The Balaban J connectivity index is 1.53. The van der Waals surface area contributed by atoms with E-state index in [9.17, 15) is 27.2 Å². The number of aromatic nitrogens is 3. The minimum Gasteiger partial charge on any atom is -0.422 e. The van der Waals surface area contributed by atoms with E-state index in [0.717, 1.165) is 24.3 Å². The molecule has 0 aliphatic rings. The van der Waals surface area contributed by atoms with Crippen LogP contribution in [0.2, 0.25) is 0 Å². The summed E-state index contributed by atoms with van der Waals surface area (Å²) in [6.45, 7) is 0. The van der Waals surface area contributed by atoms with Crippen LogP contribution < -0.4 is 10.1 Å². The maximum atomic E-state index is 13.7. The molecule has 2 heterocycles. The Labute approximate surface area is 187 Å². The van der Waals surface area contributed by atoms with Crippen molar-refractivity contribution in [1.82, 2.24) is 15.0 Å². The van der Waals surface area contributed by atoms with Gasteiger partial charge in [-0.2, -0.15) is 13.2 Å². The average molecular weight is 476 g/mol. The van der Waals surface area contributed by atoms with Crippen LogP contribution in [0.4, 0.5) is 23.2 Å². The lowest BCUT2D eigenvalue weighted by molar-refractivity contribution is -0.143. The molecule has 1 amide bonds. The van der Waals surface area contributed by atoms with E-state index in [1.165, 1.54) is 35.6 Å². The van der Waals surface area contributed by atoms with Gasteiger partial charge in [-0.1, -0.05) is 11.3 Å². The van der Waals surface area contributed by atoms with Crippen LogP contribution in [0.15, 0.2) is 66.0 Å². The van der Waals surface area contributed by atoms with Gasteiger partial charge in [-0.3, -0.25) is 4.79 Å². The molecule has 1 N–H and O–H groups in total. The van der Waals surface area contributed by atoms with Crippen LogP contribution in [0.1, 0.15) is 25.9 Å². The number of halogens is 4. The number of carbonyl (C=O) groups excluding carboxylic acids is 2. The minimum atomic E-state index is -5.00. The standard InChI is InChI=1S/C21H12F4N4O3S/c22-12-3-7-14(8-4-12)29-18(21(23,24)25)17(27-28-29)20(31)32-15-9-5-13(6-10-15)26-19(30)16-2-1-11-33-16/h1-11H,(H,26,30). The molecule has 0 aliphatic heterocycles. The fourth-order valence-corrected chi connectivity index (χ4v) is 3.42. The number of alkyl halides is 3. The molecule has 12 heteroatoms. The minimum absolute atomic E-state index is 0.0708. The van der Waals surface area contributed by atoms with Gasteiger partial charge in [0.25, 0.3) is 5.91 Å². The number of nitrogens with one attached hydrogen (secondary N) is 1. The summed E-state index contributed by atoms with van der Waals surface area (Å²) in [6, 6.07) is 12.9. The van der Waals surface area contributed by atoms with Crippen LogP contribution in [-0.4, -0.2) is 26.9 Å². The molecule has 0 atom stereocenters. The molecule has 2 aromatic carbocycles. The molecule has 0 saturated heterocycles. The van der Waals surface area contributed by atoms with Crippen molar-refractivity contribution in [3.05, 3.63) is 88.1 Å². The van der Waals surface area contributed by atoms with Crippen molar-refractivity contribution in [2.24, 2.45) is 0 Å². The Morgan fingerprint density at radius 3 is 2.30 bits per heavy atom. The SMILES string of the molecule is O=C(Nc1ccc(OC(=O)c2nnn(-c3ccc(F)cc3)c2C(F)(F)F)cc1)c1cccs1. The van der Waals surface area contributed by atoms with Crippen molar-refractivity contribution in [2.45, 2.75) is 6.18 Å². The molecule has 0 saturated carbocycles. The van der Waals surface area contributed by atoms with Gasteiger partial charge in [0, 0.05) is 5.69 Å². The van der Waals surface area contributed by atoms with E-state index in [0.29, 0.717) is 15.2 Å². The summed E-state index contributed by atoms with van der Waals surface area (Å²) in [7, 11) is 0. The smallest absolute Gasteiger partial charge is 0.422 e. The molecule has 168 valence electrons. The predicted octanol–water partition coefficient (Wildman–Crippen LogP) is 4.96. The summed E-state index contributed by atoms with van der Waals surface area (Å²) in [4.78, 5) is 25.0. The summed E-state index contributed by atoms with van der Waals surface area (Å²) in [5, 5.41) is 11.1. The summed E-state index contributed by atoms with van der Waals surface area (Å²) >= 11 is 1.26. The zero-order chi connectivity index (χ0) is 23.6. The second-order valence-electron chi connectivity index (χ2n) is 6.52. The van der Waals surface area contributed by atoms with Gasteiger partial charge in [0.2, 0.25) is 5.69 Å². The molecular formula is C21H12F4N4O3S. The van der Waals surface area contributed by atoms with Crippen LogP contribution in [0.5, 0.6) is 5.75 Å². The Morgan fingerprint density at radius 2 is 1.70 bits per heavy atom. The van der Waals surface area contributed by atoms with E-state index in [4.69, 9.17) is 4.74 Å². The molecule has 0 unspecified atom stereocenters. The van der Waals surface area contributed by atoms with Crippen molar-refractivity contribution in [2.75, 3.05) is 5.32 Å². The van der Waals surface area contributed by atoms with E-state index in [1.54, 1.807) is 17.5 Å². The number of amides is 1.